The summed E-state index contributed by atoms with van der Waals surface area (Å²) in [4.78, 5) is 19.6. The highest BCUT2D eigenvalue weighted by molar-refractivity contribution is 5.97. The largest absolute Gasteiger partial charge is 0.368 e. The highest BCUT2D eigenvalue weighted by Gasteiger charge is 2.24. The van der Waals surface area contributed by atoms with Crippen LogP contribution in [0.15, 0.2) is 54.6 Å². The number of para-hydroxylation sites is 2. The predicted molar refractivity (Wildman–Crippen MR) is 109 cm³/mol. The topological polar surface area (TPSA) is 26.8 Å². The molecule has 0 unspecified atom stereocenters. The number of nitrogens with zero attached hydrogens (tertiary/aromatic N) is 3. The van der Waals surface area contributed by atoms with E-state index in [4.69, 9.17) is 0 Å². The molecule has 1 amide bonds. The Labute approximate surface area is 157 Å². The minimum Gasteiger partial charge on any atom is -0.368 e. The van der Waals surface area contributed by atoms with Gasteiger partial charge in [0.05, 0.1) is 11.4 Å². The number of hydrogen-bond acceptors (Lipinski definition) is 3. The van der Waals surface area contributed by atoms with Gasteiger partial charge >= 0.3 is 0 Å². The molecule has 0 N–H and O–H groups in total. The first-order chi connectivity index (χ1) is 12.6. The van der Waals surface area contributed by atoms with Crippen LogP contribution in [0.2, 0.25) is 0 Å². The molecule has 0 aliphatic carbocycles. The Hall–Kier alpha value is -2.33. The van der Waals surface area contributed by atoms with Crippen molar-refractivity contribution in [2.24, 2.45) is 0 Å². The Morgan fingerprint density at radius 2 is 1.65 bits per heavy atom. The Morgan fingerprint density at radius 1 is 0.962 bits per heavy atom. The van der Waals surface area contributed by atoms with Crippen LogP contribution in [-0.4, -0.2) is 51.1 Å². The second-order valence-electron chi connectivity index (χ2n) is 7.16. The lowest BCUT2D eigenvalue weighted by Crippen LogP contribution is -2.32. The molecule has 0 saturated heterocycles. The highest BCUT2D eigenvalue weighted by atomic mass is 16.2. The van der Waals surface area contributed by atoms with E-state index in [1.54, 1.807) is 0 Å². The lowest BCUT2D eigenvalue weighted by atomic mass is 10.1. The fourth-order valence-corrected chi connectivity index (χ4v) is 3.46. The lowest BCUT2D eigenvalue weighted by Gasteiger charge is -2.27. The van der Waals surface area contributed by atoms with E-state index in [1.807, 2.05) is 29.2 Å². The number of fused-ring (bicyclic) bond motifs is 1. The molecular formula is C22H29N3O. The van der Waals surface area contributed by atoms with Crippen LogP contribution in [0.5, 0.6) is 0 Å². The van der Waals surface area contributed by atoms with Crippen molar-refractivity contribution >= 4 is 17.3 Å². The van der Waals surface area contributed by atoms with Gasteiger partial charge in [0.1, 0.15) is 0 Å². The molecule has 26 heavy (non-hydrogen) atoms. The van der Waals surface area contributed by atoms with Gasteiger partial charge in [-0.25, -0.2) is 0 Å². The number of benzene rings is 2. The van der Waals surface area contributed by atoms with Crippen molar-refractivity contribution in [3.05, 3.63) is 60.2 Å². The second-order valence-corrected chi connectivity index (χ2v) is 7.16. The molecule has 138 valence electrons. The van der Waals surface area contributed by atoms with Crippen molar-refractivity contribution in [1.29, 1.82) is 0 Å². The van der Waals surface area contributed by atoms with Crippen LogP contribution >= 0.6 is 0 Å². The quantitative estimate of drug-likeness (QED) is 0.798. The van der Waals surface area contributed by atoms with E-state index < -0.39 is 0 Å². The average molecular weight is 351 g/mol. The number of rotatable bonds is 6. The molecule has 2 aromatic carbocycles. The first-order valence-corrected chi connectivity index (χ1v) is 9.48. The number of likely N-dealkylation sites (N-methyl/N-ethyl adjacent to an activating group) is 1. The lowest BCUT2D eigenvalue weighted by molar-refractivity contribution is -0.118. The molecule has 3 rings (SSSR count). The van der Waals surface area contributed by atoms with E-state index >= 15 is 0 Å². The zero-order valence-corrected chi connectivity index (χ0v) is 15.9. The van der Waals surface area contributed by atoms with Gasteiger partial charge in [-0.2, -0.15) is 0 Å². The molecule has 2 aromatic rings. The molecule has 0 atom stereocenters. The SMILES string of the molecule is CN(C)CCN1CCCN(C(=O)CCc2ccccc2)c2ccccc21. The van der Waals surface area contributed by atoms with E-state index in [-0.39, 0.29) is 5.91 Å². The van der Waals surface area contributed by atoms with Gasteiger partial charge in [0.2, 0.25) is 5.91 Å². The fraction of sp³-hybridized carbons (Fsp3) is 0.409. The van der Waals surface area contributed by atoms with Gasteiger partial charge < -0.3 is 14.7 Å². The molecule has 1 heterocycles. The number of aryl methyl sites for hydroxylation is 1. The van der Waals surface area contributed by atoms with Crippen molar-refractivity contribution in [3.63, 3.8) is 0 Å². The third-order valence-corrected chi connectivity index (χ3v) is 4.91. The van der Waals surface area contributed by atoms with Crippen LogP contribution in [0.3, 0.4) is 0 Å². The van der Waals surface area contributed by atoms with Crippen LogP contribution in [-0.2, 0) is 11.2 Å². The van der Waals surface area contributed by atoms with E-state index in [2.05, 4.69) is 54.2 Å². The molecule has 1 aliphatic rings. The smallest absolute Gasteiger partial charge is 0.227 e. The van der Waals surface area contributed by atoms with Crippen molar-refractivity contribution in [3.8, 4) is 0 Å². The normalized spacial score (nSPS) is 14.3. The molecule has 0 fully saturated rings. The van der Waals surface area contributed by atoms with Crippen molar-refractivity contribution in [2.75, 3.05) is 50.1 Å². The van der Waals surface area contributed by atoms with Crippen LogP contribution in [0, 0.1) is 0 Å². The van der Waals surface area contributed by atoms with Gasteiger partial charge in [-0.15, -0.1) is 0 Å². The monoisotopic (exact) mass is 351 g/mol. The molecule has 0 bridgehead atoms. The molecule has 0 radical (unpaired) electrons. The van der Waals surface area contributed by atoms with Gasteiger partial charge in [-0.05, 0) is 44.6 Å². The van der Waals surface area contributed by atoms with E-state index in [1.165, 1.54) is 11.3 Å². The number of anilines is 2. The fourth-order valence-electron chi connectivity index (χ4n) is 3.46. The summed E-state index contributed by atoms with van der Waals surface area (Å²) < 4.78 is 0. The summed E-state index contributed by atoms with van der Waals surface area (Å²) in [5, 5.41) is 0. The molecule has 0 spiro atoms. The average Bonchev–Trinajstić information content (AvgIpc) is 2.85. The molecule has 0 aromatic heterocycles. The summed E-state index contributed by atoms with van der Waals surface area (Å²) >= 11 is 0. The van der Waals surface area contributed by atoms with Crippen molar-refractivity contribution in [2.45, 2.75) is 19.3 Å². The van der Waals surface area contributed by atoms with Crippen LogP contribution in [0.4, 0.5) is 11.4 Å². The summed E-state index contributed by atoms with van der Waals surface area (Å²) in [5.41, 5.74) is 3.46. The van der Waals surface area contributed by atoms with Crippen LogP contribution in [0.25, 0.3) is 0 Å². The summed E-state index contributed by atoms with van der Waals surface area (Å²) in [6.07, 6.45) is 2.35. The second kappa shape index (κ2) is 8.86. The van der Waals surface area contributed by atoms with Gasteiger partial charge in [0.25, 0.3) is 0 Å². The summed E-state index contributed by atoms with van der Waals surface area (Å²) in [6, 6.07) is 18.6. The third kappa shape index (κ3) is 4.64. The van der Waals surface area contributed by atoms with Gasteiger partial charge in [0.15, 0.2) is 0 Å². The minimum atomic E-state index is 0.218. The molecular weight excluding hydrogens is 322 g/mol. The summed E-state index contributed by atoms with van der Waals surface area (Å²) in [6.45, 7) is 3.78. The number of hydrogen-bond donors (Lipinski definition) is 0. The number of carbonyl (C=O) groups excluding carboxylic acids is 1. The molecule has 0 saturated carbocycles. The first kappa shape index (κ1) is 18.5. The number of amides is 1. The zero-order valence-electron chi connectivity index (χ0n) is 15.9. The number of carbonyl (C=O) groups is 1. The Bertz CT molecular complexity index is 714. The molecule has 4 nitrogen and oxygen atoms in total. The van der Waals surface area contributed by atoms with E-state index in [0.29, 0.717) is 6.42 Å². The van der Waals surface area contributed by atoms with Crippen molar-refractivity contribution < 1.29 is 4.79 Å². The Kier molecular flexibility index (Phi) is 6.29. The summed E-state index contributed by atoms with van der Waals surface area (Å²) in [5.74, 6) is 0.218. The molecule has 4 heteroatoms. The standard InChI is InChI=1S/C22H29N3O/c1-23(2)17-18-24-15-8-16-25(21-12-7-6-11-20(21)24)22(26)14-13-19-9-4-3-5-10-19/h3-7,9-12H,8,13-18H2,1-2H3. The minimum absolute atomic E-state index is 0.218. The highest BCUT2D eigenvalue weighted by Crippen LogP contribution is 2.32. The van der Waals surface area contributed by atoms with Gasteiger partial charge in [-0.3, -0.25) is 4.79 Å². The first-order valence-electron chi connectivity index (χ1n) is 9.48. The van der Waals surface area contributed by atoms with Crippen LogP contribution in [0.1, 0.15) is 18.4 Å². The van der Waals surface area contributed by atoms with Gasteiger partial charge in [0, 0.05) is 32.6 Å². The van der Waals surface area contributed by atoms with E-state index in [9.17, 15) is 4.79 Å². The zero-order chi connectivity index (χ0) is 18.4. The Balaban J connectivity index is 1.74. The maximum atomic E-state index is 13.0. The predicted octanol–water partition coefficient (Wildman–Crippen LogP) is 3.42. The Morgan fingerprint density at radius 3 is 2.38 bits per heavy atom. The maximum absolute atomic E-state index is 13.0. The third-order valence-electron chi connectivity index (χ3n) is 4.91. The van der Waals surface area contributed by atoms with Crippen LogP contribution < -0.4 is 9.80 Å². The maximum Gasteiger partial charge on any atom is 0.227 e. The van der Waals surface area contributed by atoms with Gasteiger partial charge in [-0.1, -0.05) is 42.5 Å². The van der Waals surface area contributed by atoms with Crippen molar-refractivity contribution in [1.82, 2.24) is 4.90 Å². The molecule has 1 aliphatic heterocycles. The van der Waals surface area contributed by atoms with E-state index in [0.717, 1.165) is 44.7 Å². The summed E-state index contributed by atoms with van der Waals surface area (Å²) in [7, 11) is 4.20.